The molecule has 24 heavy (non-hydrogen) atoms. The summed E-state index contributed by atoms with van der Waals surface area (Å²) in [6.45, 7) is 3.22. The van der Waals surface area contributed by atoms with E-state index in [1.165, 1.54) is 22.3 Å². The SMILES string of the molecule is c1ccc([C@@H]2CN(CCc3ccncc3)Cc3ccccc32)cc1. The number of fused-ring (bicyclic) bond motifs is 1. The van der Waals surface area contributed by atoms with Crippen molar-refractivity contribution in [1.29, 1.82) is 0 Å². The molecule has 0 aliphatic carbocycles. The predicted octanol–water partition coefficient (Wildman–Crippen LogP) is 4.27. The molecule has 1 aliphatic rings. The fourth-order valence-corrected chi connectivity index (χ4v) is 3.66. The minimum Gasteiger partial charge on any atom is -0.298 e. The molecule has 2 heteroatoms. The Morgan fingerprint density at radius 2 is 1.62 bits per heavy atom. The summed E-state index contributed by atoms with van der Waals surface area (Å²) in [5.41, 5.74) is 5.73. The van der Waals surface area contributed by atoms with Gasteiger partial charge in [-0.2, -0.15) is 0 Å². The Morgan fingerprint density at radius 1 is 0.875 bits per heavy atom. The van der Waals surface area contributed by atoms with Crippen molar-refractivity contribution in [3.8, 4) is 0 Å². The van der Waals surface area contributed by atoms with Crippen molar-refractivity contribution in [3.63, 3.8) is 0 Å². The molecule has 1 aliphatic heterocycles. The molecule has 3 aromatic rings. The molecule has 0 saturated heterocycles. The Kier molecular flexibility index (Phi) is 4.39. The molecule has 120 valence electrons. The average Bonchev–Trinajstić information content (AvgIpc) is 2.67. The minimum atomic E-state index is 0.466. The molecule has 1 aromatic heterocycles. The Morgan fingerprint density at radius 3 is 2.46 bits per heavy atom. The van der Waals surface area contributed by atoms with Crippen LogP contribution in [0, 0.1) is 0 Å². The van der Waals surface area contributed by atoms with Gasteiger partial charge in [0, 0.05) is 37.9 Å². The van der Waals surface area contributed by atoms with Crippen LogP contribution in [0.2, 0.25) is 0 Å². The second kappa shape index (κ2) is 6.98. The summed E-state index contributed by atoms with van der Waals surface area (Å²) in [7, 11) is 0. The number of hydrogen-bond acceptors (Lipinski definition) is 2. The second-order valence-corrected chi connectivity index (χ2v) is 6.50. The third-order valence-corrected chi connectivity index (χ3v) is 4.93. The molecule has 0 bridgehead atoms. The molecule has 0 saturated carbocycles. The zero-order chi connectivity index (χ0) is 16.2. The van der Waals surface area contributed by atoms with Crippen molar-refractivity contribution >= 4 is 0 Å². The monoisotopic (exact) mass is 314 g/mol. The molecule has 0 radical (unpaired) electrons. The fraction of sp³-hybridized carbons (Fsp3) is 0.227. The third kappa shape index (κ3) is 3.24. The Labute approximate surface area is 143 Å². The highest BCUT2D eigenvalue weighted by molar-refractivity contribution is 5.40. The van der Waals surface area contributed by atoms with Gasteiger partial charge in [0.15, 0.2) is 0 Å². The highest BCUT2D eigenvalue weighted by Crippen LogP contribution is 2.33. The first-order valence-corrected chi connectivity index (χ1v) is 8.64. The van der Waals surface area contributed by atoms with E-state index in [1.807, 2.05) is 12.4 Å². The molecule has 2 aromatic carbocycles. The van der Waals surface area contributed by atoms with Crippen molar-refractivity contribution in [3.05, 3.63) is 101 Å². The lowest BCUT2D eigenvalue weighted by Crippen LogP contribution is -2.35. The molecule has 0 N–H and O–H groups in total. The molecule has 0 fully saturated rings. The van der Waals surface area contributed by atoms with Gasteiger partial charge >= 0.3 is 0 Å². The summed E-state index contributed by atoms with van der Waals surface area (Å²) < 4.78 is 0. The Bertz CT molecular complexity index is 783. The van der Waals surface area contributed by atoms with Crippen LogP contribution in [0.3, 0.4) is 0 Å². The maximum atomic E-state index is 4.11. The first kappa shape index (κ1) is 15.1. The quantitative estimate of drug-likeness (QED) is 0.715. The lowest BCUT2D eigenvalue weighted by atomic mass is 9.84. The first-order valence-electron chi connectivity index (χ1n) is 8.64. The maximum absolute atomic E-state index is 4.11. The van der Waals surface area contributed by atoms with Gasteiger partial charge in [-0.05, 0) is 40.8 Å². The van der Waals surface area contributed by atoms with E-state index in [0.29, 0.717) is 5.92 Å². The zero-order valence-electron chi connectivity index (χ0n) is 13.8. The van der Waals surface area contributed by atoms with Crippen LogP contribution in [0.4, 0.5) is 0 Å². The van der Waals surface area contributed by atoms with Gasteiger partial charge in [-0.3, -0.25) is 9.88 Å². The molecule has 0 amide bonds. The number of pyridine rings is 1. The van der Waals surface area contributed by atoms with E-state index >= 15 is 0 Å². The van der Waals surface area contributed by atoms with Gasteiger partial charge in [-0.25, -0.2) is 0 Å². The van der Waals surface area contributed by atoms with Crippen LogP contribution in [0.5, 0.6) is 0 Å². The largest absolute Gasteiger partial charge is 0.298 e. The van der Waals surface area contributed by atoms with E-state index in [2.05, 4.69) is 76.6 Å². The number of benzene rings is 2. The van der Waals surface area contributed by atoms with Crippen molar-refractivity contribution < 1.29 is 0 Å². The topological polar surface area (TPSA) is 16.1 Å². The summed E-state index contributed by atoms with van der Waals surface area (Å²) in [5, 5.41) is 0. The van der Waals surface area contributed by atoms with Gasteiger partial charge in [-0.15, -0.1) is 0 Å². The molecule has 0 unspecified atom stereocenters. The zero-order valence-corrected chi connectivity index (χ0v) is 13.8. The van der Waals surface area contributed by atoms with E-state index in [-0.39, 0.29) is 0 Å². The summed E-state index contributed by atoms with van der Waals surface area (Å²) in [4.78, 5) is 6.69. The van der Waals surface area contributed by atoms with E-state index < -0.39 is 0 Å². The Balaban J connectivity index is 1.56. The molecular weight excluding hydrogens is 292 g/mol. The summed E-state index contributed by atoms with van der Waals surface area (Å²) in [6.07, 6.45) is 4.84. The summed E-state index contributed by atoms with van der Waals surface area (Å²) >= 11 is 0. The van der Waals surface area contributed by atoms with Gasteiger partial charge in [0.2, 0.25) is 0 Å². The first-order chi connectivity index (χ1) is 11.9. The lowest BCUT2D eigenvalue weighted by Gasteiger charge is -2.35. The molecular formula is C22H22N2. The van der Waals surface area contributed by atoms with Crippen LogP contribution < -0.4 is 0 Å². The fourth-order valence-electron chi connectivity index (χ4n) is 3.66. The normalized spacial score (nSPS) is 17.4. The second-order valence-electron chi connectivity index (χ2n) is 6.50. The lowest BCUT2D eigenvalue weighted by molar-refractivity contribution is 0.243. The van der Waals surface area contributed by atoms with Crippen molar-refractivity contribution in [2.24, 2.45) is 0 Å². The van der Waals surface area contributed by atoms with Crippen LogP contribution in [0.1, 0.15) is 28.2 Å². The standard InChI is InChI=1S/C22H22N2/c1-2-6-19(7-3-1)22-17-24(15-12-18-10-13-23-14-11-18)16-20-8-4-5-9-21(20)22/h1-11,13-14,22H,12,15-17H2/t22-/m0/s1. The van der Waals surface area contributed by atoms with Gasteiger partial charge in [0.1, 0.15) is 0 Å². The highest BCUT2D eigenvalue weighted by atomic mass is 15.1. The molecule has 1 atom stereocenters. The van der Waals surface area contributed by atoms with E-state index in [9.17, 15) is 0 Å². The molecule has 2 heterocycles. The molecule has 0 spiro atoms. The predicted molar refractivity (Wildman–Crippen MR) is 97.9 cm³/mol. The smallest absolute Gasteiger partial charge is 0.0270 e. The third-order valence-electron chi connectivity index (χ3n) is 4.93. The van der Waals surface area contributed by atoms with Crippen LogP contribution in [0.25, 0.3) is 0 Å². The number of nitrogens with zero attached hydrogens (tertiary/aromatic N) is 2. The number of hydrogen-bond donors (Lipinski definition) is 0. The number of rotatable bonds is 4. The summed E-state index contributed by atoms with van der Waals surface area (Å²) in [5.74, 6) is 0.466. The molecule has 4 rings (SSSR count). The van der Waals surface area contributed by atoms with Gasteiger partial charge in [-0.1, -0.05) is 54.6 Å². The van der Waals surface area contributed by atoms with Crippen LogP contribution in [-0.4, -0.2) is 23.0 Å². The van der Waals surface area contributed by atoms with Crippen molar-refractivity contribution in [1.82, 2.24) is 9.88 Å². The van der Waals surface area contributed by atoms with Crippen molar-refractivity contribution in [2.75, 3.05) is 13.1 Å². The van der Waals surface area contributed by atoms with Crippen molar-refractivity contribution in [2.45, 2.75) is 18.9 Å². The highest BCUT2D eigenvalue weighted by Gasteiger charge is 2.25. The van der Waals surface area contributed by atoms with E-state index in [0.717, 1.165) is 26.1 Å². The summed E-state index contributed by atoms with van der Waals surface area (Å²) in [6, 6.07) is 24.0. The maximum Gasteiger partial charge on any atom is 0.0270 e. The van der Waals surface area contributed by atoms with Gasteiger partial charge < -0.3 is 0 Å². The number of aromatic nitrogens is 1. The van der Waals surface area contributed by atoms with Crippen LogP contribution in [-0.2, 0) is 13.0 Å². The average molecular weight is 314 g/mol. The van der Waals surface area contributed by atoms with Gasteiger partial charge in [0.05, 0.1) is 0 Å². The Hall–Kier alpha value is -2.45. The van der Waals surface area contributed by atoms with E-state index in [1.54, 1.807) is 0 Å². The van der Waals surface area contributed by atoms with E-state index in [4.69, 9.17) is 0 Å². The van der Waals surface area contributed by atoms with Gasteiger partial charge in [0.25, 0.3) is 0 Å². The van der Waals surface area contributed by atoms with Crippen LogP contribution >= 0.6 is 0 Å². The van der Waals surface area contributed by atoms with Crippen LogP contribution in [0.15, 0.2) is 79.1 Å². The molecule has 2 nitrogen and oxygen atoms in total. The minimum absolute atomic E-state index is 0.466.